The first-order valence-electron chi connectivity index (χ1n) is 8.65. The Bertz CT molecular complexity index is 935. The van der Waals surface area contributed by atoms with Crippen molar-refractivity contribution in [1.82, 2.24) is 20.1 Å². The SMILES string of the molecule is Cn1nccc1-c1cncc(CNC(=O)C2CCc3ccccc3O2)c1. The van der Waals surface area contributed by atoms with Crippen molar-refractivity contribution in [2.45, 2.75) is 25.5 Å². The molecule has 3 aromatic rings. The predicted octanol–water partition coefficient (Wildman–Crippen LogP) is 2.49. The van der Waals surface area contributed by atoms with Crippen molar-refractivity contribution < 1.29 is 9.53 Å². The second kappa shape index (κ2) is 7.00. The smallest absolute Gasteiger partial charge is 0.261 e. The van der Waals surface area contributed by atoms with Crippen LogP contribution in [0, 0.1) is 0 Å². The van der Waals surface area contributed by atoms with Crippen molar-refractivity contribution in [3.05, 3.63) is 66.1 Å². The lowest BCUT2D eigenvalue weighted by Gasteiger charge is -2.25. The highest BCUT2D eigenvalue weighted by Gasteiger charge is 2.25. The molecule has 1 unspecified atom stereocenters. The summed E-state index contributed by atoms with van der Waals surface area (Å²) in [5.74, 6) is 0.712. The van der Waals surface area contributed by atoms with Gasteiger partial charge >= 0.3 is 0 Å². The maximum absolute atomic E-state index is 12.5. The molecular formula is C20H20N4O2. The van der Waals surface area contributed by atoms with E-state index in [4.69, 9.17) is 4.74 Å². The Hall–Kier alpha value is -3.15. The molecule has 1 atom stereocenters. The summed E-state index contributed by atoms with van der Waals surface area (Å²) in [6, 6.07) is 11.8. The van der Waals surface area contributed by atoms with Crippen LogP contribution in [0.25, 0.3) is 11.3 Å². The van der Waals surface area contributed by atoms with Gasteiger partial charge in [0.25, 0.3) is 5.91 Å². The molecule has 1 amide bonds. The lowest BCUT2D eigenvalue weighted by Crippen LogP contribution is -2.40. The molecular weight excluding hydrogens is 328 g/mol. The first-order valence-corrected chi connectivity index (χ1v) is 8.65. The van der Waals surface area contributed by atoms with E-state index in [0.29, 0.717) is 13.0 Å². The minimum Gasteiger partial charge on any atom is -0.480 e. The number of rotatable bonds is 4. The number of nitrogens with zero attached hydrogens (tertiary/aromatic N) is 3. The molecule has 26 heavy (non-hydrogen) atoms. The number of amides is 1. The van der Waals surface area contributed by atoms with Crippen molar-refractivity contribution in [3.63, 3.8) is 0 Å². The van der Waals surface area contributed by atoms with Gasteiger partial charge in [-0.25, -0.2) is 0 Å². The number of aryl methyl sites for hydroxylation is 2. The summed E-state index contributed by atoms with van der Waals surface area (Å²) in [5, 5.41) is 7.14. The monoisotopic (exact) mass is 348 g/mol. The van der Waals surface area contributed by atoms with Crippen LogP contribution in [-0.4, -0.2) is 26.8 Å². The largest absolute Gasteiger partial charge is 0.480 e. The van der Waals surface area contributed by atoms with Gasteiger partial charge < -0.3 is 10.1 Å². The van der Waals surface area contributed by atoms with Gasteiger partial charge in [-0.2, -0.15) is 5.10 Å². The number of benzene rings is 1. The van der Waals surface area contributed by atoms with E-state index < -0.39 is 6.10 Å². The highest BCUT2D eigenvalue weighted by Crippen LogP contribution is 2.27. The molecule has 132 valence electrons. The molecule has 0 saturated heterocycles. The molecule has 6 nitrogen and oxygen atoms in total. The van der Waals surface area contributed by atoms with E-state index in [1.165, 1.54) is 0 Å². The van der Waals surface area contributed by atoms with Gasteiger partial charge in [-0.05, 0) is 42.2 Å². The molecule has 1 aromatic carbocycles. The number of para-hydroxylation sites is 1. The third-order valence-electron chi connectivity index (χ3n) is 4.59. The van der Waals surface area contributed by atoms with E-state index in [1.54, 1.807) is 23.3 Å². The van der Waals surface area contributed by atoms with Crippen LogP contribution >= 0.6 is 0 Å². The van der Waals surface area contributed by atoms with Crippen molar-refractivity contribution in [2.75, 3.05) is 0 Å². The summed E-state index contributed by atoms with van der Waals surface area (Å²) < 4.78 is 7.64. The maximum atomic E-state index is 12.5. The van der Waals surface area contributed by atoms with Gasteiger partial charge in [0.05, 0.1) is 5.69 Å². The fourth-order valence-electron chi connectivity index (χ4n) is 3.19. The summed E-state index contributed by atoms with van der Waals surface area (Å²) in [6.07, 6.45) is 6.41. The Morgan fingerprint density at radius 1 is 1.31 bits per heavy atom. The summed E-state index contributed by atoms with van der Waals surface area (Å²) in [6.45, 7) is 0.416. The summed E-state index contributed by atoms with van der Waals surface area (Å²) >= 11 is 0. The highest BCUT2D eigenvalue weighted by molar-refractivity contribution is 5.81. The van der Waals surface area contributed by atoms with Crippen LogP contribution in [-0.2, 0) is 24.8 Å². The second-order valence-electron chi connectivity index (χ2n) is 6.39. The van der Waals surface area contributed by atoms with Crippen molar-refractivity contribution in [2.24, 2.45) is 7.05 Å². The third-order valence-corrected chi connectivity index (χ3v) is 4.59. The number of hydrogen-bond donors (Lipinski definition) is 1. The molecule has 0 saturated carbocycles. The maximum Gasteiger partial charge on any atom is 0.261 e. The average Bonchev–Trinajstić information content (AvgIpc) is 3.12. The number of fused-ring (bicyclic) bond motifs is 1. The number of aromatic nitrogens is 3. The van der Waals surface area contributed by atoms with Gasteiger partial charge in [0, 0.05) is 37.7 Å². The van der Waals surface area contributed by atoms with E-state index in [0.717, 1.165) is 34.6 Å². The third kappa shape index (κ3) is 3.31. The predicted molar refractivity (Wildman–Crippen MR) is 97.5 cm³/mol. The average molecular weight is 348 g/mol. The van der Waals surface area contributed by atoms with Crippen LogP contribution in [0.1, 0.15) is 17.5 Å². The van der Waals surface area contributed by atoms with Crippen LogP contribution in [0.5, 0.6) is 5.75 Å². The van der Waals surface area contributed by atoms with E-state index in [1.807, 2.05) is 43.4 Å². The number of pyridine rings is 1. The molecule has 1 aliphatic heterocycles. The molecule has 6 heteroatoms. The fourth-order valence-corrected chi connectivity index (χ4v) is 3.19. The Kier molecular flexibility index (Phi) is 4.39. The number of carbonyl (C=O) groups excluding carboxylic acids is 1. The van der Waals surface area contributed by atoms with Crippen LogP contribution in [0.4, 0.5) is 0 Å². The molecule has 0 fully saturated rings. The Morgan fingerprint density at radius 2 is 2.19 bits per heavy atom. The van der Waals surface area contributed by atoms with Gasteiger partial charge in [-0.15, -0.1) is 0 Å². The van der Waals surface area contributed by atoms with Gasteiger partial charge in [0.15, 0.2) is 6.10 Å². The zero-order chi connectivity index (χ0) is 17.9. The minimum absolute atomic E-state index is 0.0922. The lowest BCUT2D eigenvalue weighted by atomic mass is 10.0. The molecule has 1 aliphatic rings. The Morgan fingerprint density at radius 3 is 3.04 bits per heavy atom. The molecule has 3 heterocycles. The van der Waals surface area contributed by atoms with Crippen molar-refractivity contribution >= 4 is 5.91 Å². The van der Waals surface area contributed by atoms with Crippen LogP contribution in [0.15, 0.2) is 55.0 Å². The van der Waals surface area contributed by atoms with Gasteiger partial charge in [-0.3, -0.25) is 14.5 Å². The number of carbonyl (C=O) groups is 1. The normalized spacial score (nSPS) is 15.8. The molecule has 0 radical (unpaired) electrons. The van der Waals surface area contributed by atoms with Gasteiger partial charge in [-0.1, -0.05) is 18.2 Å². The number of ether oxygens (including phenoxy) is 1. The highest BCUT2D eigenvalue weighted by atomic mass is 16.5. The first kappa shape index (κ1) is 16.3. The van der Waals surface area contributed by atoms with Crippen LogP contribution in [0.3, 0.4) is 0 Å². The Balaban J connectivity index is 1.40. The van der Waals surface area contributed by atoms with Gasteiger partial charge in [0.1, 0.15) is 5.75 Å². The molecule has 0 bridgehead atoms. The van der Waals surface area contributed by atoms with Crippen molar-refractivity contribution in [3.8, 4) is 17.0 Å². The van der Waals surface area contributed by atoms with E-state index in [-0.39, 0.29) is 5.91 Å². The topological polar surface area (TPSA) is 69.0 Å². The van der Waals surface area contributed by atoms with E-state index in [2.05, 4.69) is 15.4 Å². The molecule has 4 rings (SSSR count). The first-order chi connectivity index (χ1) is 12.7. The zero-order valence-corrected chi connectivity index (χ0v) is 14.6. The number of hydrogen-bond acceptors (Lipinski definition) is 4. The van der Waals surface area contributed by atoms with E-state index in [9.17, 15) is 4.79 Å². The van der Waals surface area contributed by atoms with E-state index >= 15 is 0 Å². The Labute approximate surface area is 151 Å². The summed E-state index contributed by atoms with van der Waals surface area (Å²) in [5.41, 5.74) is 4.05. The lowest BCUT2D eigenvalue weighted by molar-refractivity contribution is -0.128. The standard InChI is InChI=1S/C20H20N4O2/c1-24-17(8-9-23-24)16-10-14(11-21-13-16)12-22-20(25)19-7-6-15-4-2-3-5-18(15)26-19/h2-5,8-11,13,19H,6-7,12H2,1H3,(H,22,25). The molecule has 0 aliphatic carbocycles. The second-order valence-corrected chi connectivity index (χ2v) is 6.39. The summed E-state index contributed by atoms with van der Waals surface area (Å²) in [4.78, 5) is 16.8. The van der Waals surface area contributed by atoms with Crippen LogP contribution < -0.4 is 10.1 Å². The van der Waals surface area contributed by atoms with Crippen molar-refractivity contribution in [1.29, 1.82) is 0 Å². The summed E-state index contributed by atoms with van der Waals surface area (Å²) in [7, 11) is 1.89. The molecule has 2 aromatic heterocycles. The van der Waals surface area contributed by atoms with Crippen LogP contribution in [0.2, 0.25) is 0 Å². The number of nitrogens with one attached hydrogen (secondary N) is 1. The molecule has 1 N–H and O–H groups in total. The quantitative estimate of drug-likeness (QED) is 0.786. The zero-order valence-electron chi connectivity index (χ0n) is 14.6. The van der Waals surface area contributed by atoms with Gasteiger partial charge in [0.2, 0.25) is 0 Å². The fraction of sp³-hybridized carbons (Fsp3) is 0.250. The minimum atomic E-state index is -0.446. The molecule has 0 spiro atoms.